The van der Waals surface area contributed by atoms with Crippen LogP contribution >= 0.6 is 0 Å². The molecule has 98 valence electrons. The molecule has 1 aromatic heterocycles. The standard InChI is InChI=1S/C13H9F2NO3/c1-19-12-5-7(13(17)18)4-11(16-12)9-6-8(14)2-3-10(9)15/h2-6H,1H3,(H,17,18). The van der Waals surface area contributed by atoms with Crippen molar-refractivity contribution in [2.45, 2.75) is 0 Å². The van der Waals surface area contributed by atoms with Crippen molar-refractivity contribution in [3.63, 3.8) is 0 Å². The van der Waals surface area contributed by atoms with Crippen LogP contribution in [-0.2, 0) is 0 Å². The first kappa shape index (κ1) is 12.9. The SMILES string of the molecule is COc1cc(C(=O)O)cc(-c2cc(F)ccc2F)n1. The molecule has 0 saturated carbocycles. The summed E-state index contributed by atoms with van der Waals surface area (Å²) >= 11 is 0. The molecule has 1 aromatic carbocycles. The molecule has 0 atom stereocenters. The van der Waals surface area contributed by atoms with Gasteiger partial charge in [-0.05, 0) is 24.3 Å². The van der Waals surface area contributed by atoms with E-state index in [1.807, 2.05) is 0 Å². The number of methoxy groups -OCH3 is 1. The van der Waals surface area contributed by atoms with Crippen LogP contribution in [0.3, 0.4) is 0 Å². The van der Waals surface area contributed by atoms with Gasteiger partial charge in [-0.2, -0.15) is 0 Å². The van der Waals surface area contributed by atoms with Gasteiger partial charge >= 0.3 is 5.97 Å². The van der Waals surface area contributed by atoms with Crippen LogP contribution < -0.4 is 4.74 Å². The number of carboxylic acids is 1. The summed E-state index contributed by atoms with van der Waals surface area (Å²) in [5.74, 6) is -2.53. The lowest BCUT2D eigenvalue weighted by molar-refractivity contribution is 0.0696. The quantitative estimate of drug-likeness (QED) is 0.927. The third-order valence-electron chi connectivity index (χ3n) is 2.46. The largest absolute Gasteiger partial charge is 0.481 e. The monoisotopic (exact) mass is 265 g/mol. The Balaban J connectivity index is 2.64. The molecule has 0 radical (unpaired) electrons. The fourth-order valence-electron chi connectivity index (χ4n) is 1.57. The Morgan fingerprint density at radius 1 is 1.26 bits per heavy atom. The van der Waals surface area contributed by atoms with Crippen LogP contribution in [0.2, 0.25) is 0 Å². The van der Waals surface area contributed by atoms with Crippen molar-refractivity contribution >= 4 is 5.97 Å². The Morgan fingerprint density at radius 3 is 2.63 bits per heavy atom. The normalized spacial score (nSPS) is 10.3. The second kappa shape index (κ2) is 5.01. The lowest BCUT2D eigenvalue weighted by Crippen LogP contribution is -2.01. The van der Waals surface area contributed by atoms with Gasteiger partial charge in [0.25, 0.3) is 0 Å². The molecular weight excluding hydrogens is 256 g/mol. The maximum Gasteiger partial charge on any atom is 0.335 e. The maximum absolute atomic E-state index is 13.6. The Hall–Kier alpha value is -2.50. The summed E-state index contributed by atoms with van der Waals surface area (Å²) < 4.78 is 31.6. The van der Waals surface area contributed by atoms with E-state index in [0.29, 0.717) is 0 Å². The van der Waals surface area contributed by atoms with Crippen LogP contribution in [0.15, 0.2) is 30.3 Å². The average molecular weight is 265 g/mol. The van der Waals surface area contributed by atoms with E-state index in [9.17, 15) is 13.6 Å². The highest BCUT2D eigenvalue weighted by molar-refractivity contribution is 5.89. The summed E-state index contributed by atoms with van der Waals surface area (Å²) in [5.41, 5.74) is -0.249. The summed E-state index contributed by atoms with van der Waals surface area (Å²) in [7, 11) is 1.31. The number of carbonyl (C=O) groups is 1. The predicted molar refractivity (Wildman–Crippen MR) is 63.1 cm³/mol. The van der Waals surface area contributed by atoms with Gasteiger partial charge in [0.15, 0.2) is 0 Å². The van der Waals surface area contributed by atoms with Crippen LogP contribution in [-0.4, -0.2) is 23.2 Å². The van der Waals surface area contributed by atoms with Crippen LogP contribution in [0.25, 0.3) is 11.3 Å². The number of aromatic carboxylic acids is 1. The molecule has 6 heteroatoms. The number of hydrogen-bond donors (Lipinski definition) is 1. The van der Waals surface area contributed by atoms with Crippen molar-refractivity contribution in [3.05, 3.63) is 47.5 Å². The first-order valence-corrected chi connectivity index (χ1v) is 5.26. The fourth-order valence-corrected chi connectivity index (χ4v) is 1.57. The first-order valence-electron chi connectivity index (χ1n) is 5.26. The van der Waals surface area contributed by atoms with Gasteiger partial charge < -0.3 is 9.84 Å². The number of nitrogens with zero attached hydrogens (tertiary/aromatic N) is 1. The summed E-state index contributed by atoms with van der Waals surface area (Å²) in [6, 6.07) is 5.22. The number of pyridine rings is 1. The number of ether oxygens (including phenoxy) is 1. The minimum Gasteiger partial charge on any atom is -0.481 e. The number of halogens is 2. The van der Waals surface area contributed by atoms with E-state index in [4.69, 9.17) is 9.84 Å². The lowest BCUT2D eigenvalue weighted by Gasteiger charge is -2.07. The Bertz CT molecular complexity index is 644. The topological polar surface area (TPSA) is 59.4 Å². The van der Waals surface area contributed by atoms with E-state index >= 15 is 0 Å². The minimum atomic E-state index is -1.21. The minimum absolute atomic E-state index is 0.00579. The third kappa shape index (κ3) is 2.67. The second-order valence-electron chi connectivity index (χ2n) is 3.71. The molecule has 0 unspecified atom stereocenters. The molecule has 1 heterocycles. The predicted octanol–water partition coefficient (Wildman–Crippen LogP) is 2.73. The van der Waals surface area contributed by atoms with Gasteiger partial charge in [-0.15, -0.1) is 0 Å². The van der Waals surface area contributed by atoms with Gasteiger partial charge in [0, 0.05) is 11.6 Å². The van der Waals surface area contributed by atoms with E-state index in [1.165, 1.54) is 13.2 Å². The number of carboxylic acid groups (broad SMARTS) is 1. The molecule has 0 aliphatic carbocycles. The zero-order valence-electron chi connectivity index (χ0n) is 9.85. The van der Waals surface area contributed by atoms with E-state index in [-0.39, 0.29) is 22.7 Å². The molecule has 2 aromatic rings. The molecule has 0 saturated heterocycles. The van der Waals surface area contributed by atoms with Crippen LogP contribution in [0.5, 0.6) is 5.88 Å². The number of aromatic nitrogens is 1. The van der Waals surface area contributed by atoms with Crippen LogP contribution in [0.1, 0.15) is 10.4 Å². The molecule has 4 nitrogen and oxygen atoms in total. The van der Waals surface area contributed by atoms with Gasteiger partial charge in [-0.3, -0.25) is 0 Å². The lowest BCUT2D eigenvalue weighted by atomic mass is 10.1. The van der Waals surface area contributed by atoms with E-state index in [1.54, 1.807) is 0 Å². The van der Waals surface area contributed by atoms with Crippen molar-refractivity contribution in [2.75, 3.05) is 7.11 Å². The Kier molecular flexibility index (Phi) is 3.41. The summed E-state index contributed by atoms with van der Waals surface area (Å²) in [4.78, 5) is 14.9. The fraction of sp³-hybridized carbons (Fsp3) is 0.0769. The van der Waals surface area contributed by atoms with Crippen LogP contribution in [0, 0.1) is 11.6 Å². The molecule has 0 aliphatic heterocycles. The van der Waals surface area contributed by atoms with Crippen molar-refractivity contribution < 1.29 is 23.4 Å². The van der Waals surface area contributed by atoms with Crippen molar-refractivity contribution in [1.82, 2.24) is 4.98 Å². The van der Waals surface area contributed by atoms with Crippen LogP contribution in [0.4, 0.5) is 8.78 Å². The smallest absolute Gasteiger partial charge is 0.335 e. The molecule has 19 heavy (non-hydrogen) atoms. The van der Waals surface area contributed by atoms with Gasteiger partial charge in [-0.25, -0.2) is 18.6 Å². The highest BCUT2D eigenvalue weighted by Gasteiger charge is 2.13. The van der Waals surface area contributed by atoms with Crippen molar-refractivity contribution in [2.24, 2.45) is 0 Å². The first-order chi connectivity index (χ1) is 9.01. The van der Waals surface area contributed by atoms with Gasteiger partial charge in [0.05, 0.1) is 18.4 Å². The highest BCUT2D eigenvalue weighted by Crippen LogP contribution is 2.25. The summed E-state index contributed by atoms with van der Waals surface area (Å²) in [6.07, 6.45) is 0. The molecule has 0 amide bonds. The molecule has 1 N–H and O–H groups in total. The number of hydrogen-bond acceptors (Lipinski definition) is 3. The maximum atomic E-state index is 13.6. The Morgan fingerprint density at radius 2 is 2.00 bits per heavy atom. The molecule has 2 rings (SSSR count). The van der Waals surface area contributed by atoms with Crippen molar-refractivity contribution in [1.29, 1.82) is 0 Å². The molecule has 0 spiro atoms. The Labute approximate surface area is 107 Å². The number of rotatable bonds is 3. The highest BCUT2D eigenvalue weighted by atomic mass is 19.1. The third-order valence-corrected chi connectivity index (χ3v) is 2.46. The molecule has 0 fully saturated rings. The number of benzene rings is 1. The zero-order valence-corrected chi connectivity index (χ0v) is 9.85. The van der Waals surface area contributed by atoms with Crippen molar-refractivity contribution in [3.8, 4) is 17.1 Å². The average Bonchev–Trinajstić information content (AvgIpc) is 2.40. The zero-order chi connectivity index (χ0) is 14.0. The van der Waals surface area contributed by atoms with Gasteiger partial charge in [-0.1, -0.05) is 0 Å². The summed E-state index contributed by atoms with van der Waals surface area (Å²) in [6.45, 7) is 0. The molecular formula is C13H9F2NO3. The summed E-state index contributed by atoms with van der Waals surface area (Å²) in [5, 5.41) is 8.95. The molecule has 0 aliphatic rings. The van der Waals surface area contributed by atoms with E-state index in [2.05, 4.69) is 4.98 Å². The van der Waals surface area contributed by atoms with Gasteiger partial charge in [0.2, 0.25) is 5.88 Å². The van der Waals surface area contributed by atoms with E-state index < -0.39 is 17.6 Å². The second-order valence-corrected chi connectivity index (χ2v) is 3.71. The van der Waals surface area contributed by atoms with Gasteiger partial charge in [0.1, 0.15) is 11.6 Å². The molecule has 0 bridgehead atoms. The van der Waals surface area contributed by atoms with E-state index in [0.717, 1.165) is 24.3 Å².